The lowest BCUT2D eigenvalue weighted by Gasteiger charge is -2.33. The molecule has 1 aromatic heterocycles. The summed E-state index contributed by atoms with van der Waals surface area (Å²) in [7, 11) is -2.56. The number of ether oxygens (including phenoxy) is 1. The third-order valence-corrected chi connectivity index (χ3v) is 2.47. The van der Waals surface area contributed by atoms with E-state index in [4.69, 9.17) is 8.85 Å². The number of methoxy groups -OCH3 is 1. The van der Waals surface area contributed by atoms with Crippen LogP contribution in [0.25, 0.3) is 0 Å². The normalized spacial score (nSPS) is 30.5. The highest BCUT2D eigenvalue weighted by atomic mass is 19.1. The van der Waals surface area contributed by atoms with Crippen LogP contribution in [0.1, 0.15) is 10.5 Å². The monoisotopic (exact) mass is 214 g/mol. The van der Waals surface area contributed by atoms with Crippen LogP contribution in [0, 0.1) is 0 Å². The number of nitrogens with zero attached hydrogens (tertiary/aromatic N) is 3. The first-order valence-corrected chi connectivity index (χ1v) is 4.79. The Labute approximate surface area is 92.3 Å². The minimum atomic E-state index is -2.56. The lowest BCUT2D eigenvalue weighted by atomic mass is 10.1. The number of anilines is 1. The predicted octanol–water partition coefficient (Wildman–Crippen LogP) is 1.04. The molecule has 0 saturated carbocycles. The molecule has 1 fully saturated rings. The summed E-state index contributed by atoms with van der Waals surface area (Å²) in [6.07, 6.45) is 1.22. The Kier molecular flexibility index (Phi) is 2.15. The van der Waals surface area contributed by atoms with Gasteiger partial charge in [0.2, 0.25) is 5.95 Å². The maximum absolute atomic E-state index is 13.8. The van der Waals surface area contributed by atoms with Gasteiger partial charge >= 0.3 is 0 Å². The molecule has 1 aliphatic heterocycles. The summed E-state index contributed by atoms with van der Waals surface area (Å²) in [6, 6.07) is 1.68. The number of aromatic nitrogens is 2. The molecule has 5 heteroatoms. The van der Waals surface area contributed by atoms with Crippen LogP contribution in [0.15, 0.2) is 18.5 Å². The van der Waals surface area contributed by atoms with Crippen molar-refractivity contribution in [2.45, 2.75) is 18.7 Å². The zero-order chi connectivity index (χ0) is 13.2. The van der Waals surface area contributed by atoms with E-state index < -0.39 is 19.3 Å². The third-order valence-electron chi connectivity index (χ3n) is 2.47. The van der Waals surface area contributed by atoms with E-state index in [0.29, 0.717) is 18.9 Å². The number of hydrogen-bond acceptors (Lipinski definition) is 4. The Hall–Kier alpha value is -1.23. The molecule has 0 bridgehead atoms. The van der Waals surface area contributed by atoms with Gasteiger partial charge in [-0.2, -0.15) is 0 Å². The molecule has 2 heterocycles. The second-order valence-electron chi connectivity index (χ2n) is 3.46. The largest absolute Gasteiger partial charge is 0.378 e. The van der Waals surface area contributed by atoms with Crippen molar-refractivity contribution in [1.29, 1.82) is 0 Å². The van der Waals surface area contributed by atoms with Crippen LogP contribution in [0.2, 0.25) is 0 Å². The van der Waals surface area contributed by atoms with Crippen LogP contribution in [0.4, 0.5) is 10.3 Å². The van der Waals surface area contributed by atoms with Gasteiger partial charge in [-0.15, -0.1) is 0 Å². The maximum atomic E-state index is 13.8. The van der Waals surface area contributed by atoms with Crippen LogP contribution in [-0.2, 0) is 4.74 Å². The number of rotatable bonds is 2. The van der Waals surface area contributed by atoms with Gasteiger partial charge < -0.3 is 9.64 Å². The second kappa shape index (κ2) is 4.53. The Morgan fingerprint density at radius 2 is 2.40 bits per heavy atom. The predicted molar refractivity (Wildman–Crippen MR) is 54.6 cm³/mol. The molecule has 0 spiro atoms. The van der Waals surface area contributed by atoms with Crippen molar-refractivity contribution in [3.05, 3.63) is 18.5 Å². The summed E-state index contributed by atoms with van der Waals surface area (Å²) in [5, 5.41) is 0. The van der Waals surface area contributed by atoms with Gasteiger partial charge in [0.05, 0.1) is 16.8 Å². The first-order chi connectivity index (χ1) is 8.46. The number of piperidine rings is 1. The molecule has 0 unspecified atom stereocenters. The summed E-state index contributed by atoms with van der Waals surface area (Å²) in [6.45, 7) is 0.524. The van der Waals surface area contributed by atoms with Crippen molar-refractivity contribution in [3.8, 4) is 0 Å². The van der Waals surface area contributed by atoms with Crippen LogP contribution < -0.4 is 4.90 Å². The number of halogens is 1. The first kappa shape index (κ1) is 7.11. The lowest BCUT2D eigenvalue weighted by molar-refractivity contribution is 0.0194. The van der Waals surface area contributed by atoms with E-state index in [2.05, 4.69) is 9.97 Å². The minimum absolute atomic E-state index is 0.0464. The quantitative estimate of drug-likeness (QED) is 0.737. The average molecular weight is 214 g/mol. The summed E-state index contributed by atoms with van der Waals surface area (Å²) in [4.78, 5) is 9.75. The van der Waals surface area contributed by atoms with Gasteiger partial charge in [0.25, 0.3) is 0 Å². The van der Waals surface area contributed by atoms with Crippen molar-refractivity contribution in [2.75, 3.05) is 25.0 Å². The molecule has 0 radical (unpaired) electrons. The van der Waals surface area contributed by atoms with E-state index in [-0.39, 0.29) is 6.54 Å². The molecule has 1 aromatic rings. The standard InChI is InChI=1S/C10H14FN3O/c1-15-9-3-6-14(7-8(9)11)10-12-4-2-5-13-10/h2,4-5,8-9H,3,6-7H2,1H3/t8-,9+/m0/s1/i1D3. The molecular formula is C10H14FN3O. The highest BCUT2D eigenvalue weighted by Gasteiger charge is 2.29. The average Bonchev–Trinajstić information content (AvgIpc) is 2.31. The summed E-state index contributed by atoms with van der Waals surface area (Å²) >= 11 is 0. The molecule has 15 heavy (non-hydrogen) atoms. The zero-order valence-electron chi connectivity index (χ0n) is 11.1. The SMILES string of the molecule is [2H]C([2H])([2H])O[C@@H]1CCN(c2ncccn2)C[C@@H]1F. The Balaban J connectivity index is 1.96. The smallest absolute Gasteiger partial charge is 0.225 e. The number of hydrogen-bond donors (Lipinski definition) is 0. The van der Waals surface area contributed by atoms with Crippen molar-refractivity contribution in [1.82, 2.24) is 9.97 Å². The van der Waals surface area contributed by atoms with E-state index in [0.717, 1.165) is 0 Å². The van der Waals surface area contributed by atoms with E-state index in [9.17, 15) is 4.39 Å². The van der Waals surface area contributed by atoms with Crippen LogP contribution >= 0.6 is 0 Å². The molecule has 0 aliphatic carbocycles. The highest BCUT2D eigenvalue weighted by molar-refractivity contribution is 5.29. The Morgan fingerprint density at radius 1 is 1.60 bits per heavy atom. The molecule has 1 aliphatic rings. The maximum Gasteiger partial charge on any atom is 0.225 e. The Morgan fingerprint density at radius 3 is 3.07 bits per heavy atom. The fourth-order valence-electron chi connectivity index (χ4n) is 1.65. The summed E-state index contributed by atoms with van der Waals surface area (Å²) in [5.41, 5.74) is 0. The van der Waals surface area contributed by atoms with Crippen LogP contribution in [0.5, 0.6) is 0 Å². The molecule has 0 amide bonds. The first-order valence-electron chi connectivity index (χ1n) is 6.29. The fourth-order valence-corrected chi connectivity index (χ4v) is 1.65. The van der Waals surface area contributed by atoms with Crippen molar-refractivity contribution in [2.24, 2.45) is 0 Å². The molecule has 0 aromatic carbocycles. The van der Waals surface area contributed by atoms with Gasteiger partial charge in [0.15, 0.2) is 0 Å². The molecule has 1 saturated heterocycles. The van der Waals surface area contributed by atoms with Crippen molar-refractivity contribution < 1.29 is 13.2 Å². The molecule has 2 atom stereocenters. The van der Waals surface area contributed by atoms with Crippen LogP contribution in [-0.4, -0.2) is 42.4 Å². The van der Waals surface area contributed by atoms with Gasteiger partial charge in [-0.3, -0.25) is 0 Å². The molecular weight excluding hydrogens is 197 g/mol. The highest BCUT2D eigenvalue weighted by Crippen LogP contribution is 2.19. The fraction of sp³-hybridized carbons (Fsp3) is 0.600. The summed E-state index contributed by atoms with van der Waals surface area (Å²) < 4.78 is 39.5. The summed E-state index contributed by atoms with van der Waals surface area (Å²) in [5.74, 6) is 0.451. The third kappa shape index (κ3) is 2.23. The molecule has 82 valence electrons. The molecule has 4 nitrogen and oxygen atoms in total. The zero-order valence-corrected chi connectivity index (χ0v) is 8.14. The topological polar surface area (TPSA) is 38.2 Å². The van der Waals surface area contributed by atoms with E-state index in [1.165, 1.54) is 0 Å². The van der Waals surface area contributed by atoms with E-state index >= 15 is 0 Å². The Bertz CT molecular complexity index is 390. The van der Waals surface area contributed by atoms with Crippen LogP contribution in [0.3, 0.4) is 0 Å². The van der Waals surface area contributed by atoms with Gasteiger partial charge in [-0.25, -0.2) is 14.4 Å². The minimum Gasteiger partial charge on any atom is -0.378 e. The second-order valence-corrected chi connectivity index (χ2v) is 3.46. The van der Waals surface area contributed by atoms with Gasteiger partial charge in [-0.05, 0) is 12.5 Å². The lowest BCUT2D eigenvalue weighted by Crippen LogP contribution is -2.46. The van der Waals surface area contributed by atoms with Crippen molar-refractivity contribution >= 4 is 5.95 Å². The van der Waals surface area contributed by atoms with E-state index in [1.54, 1.807) is 23.4 Å². The van der Waals surface area contributed by atoms with Crippen molar-refractivity contribution in [3.63, 3.8) is 0 Å². The number of alkyl halides is 1. The molecule has 0 N–H and O–H groups in total. The van der Waals surface area contributed by atoms with Gasteiger partial charge in [0, 0.05) is 26.0 Å². The van der Waals surface area contributed by atoms with Gasteiger partial charge in [0.1, 0.15) is 6.17 Å². The van der Waals surface area contributed by atoms with Gasteiger partial charge in [-0.1, -0.05) is 0 Å². The molecule has 2 rings (SSSR count). The van der Waals surface area contributed by atoms with E-state index in [1.807, 2.05) is 0 Å².